The molecule has 2 fully saturated rings. The summed E-state index contributed by atoms with van der Waals surface area (Å²) in [6.45, 7) is 5.04. The largest absolute Gasteiger partial charge is 0.393 e. The van der Waals surface area contributed by atoms with Crippen molar-refractivity contribution in [2.45, 2.75) is 64.9 Å². The Kier molecular flexibility index (Phi) is 3.42. The number of fused-ring (bicyclic) bond motifs is 5. The fourth-order valence-corrected chi connectivity index (χ4v) is 7.08. The van der Waals surface area contributed by atoms with Crippen LogP contribution < -0.4 is 0 Å². The Morgan fingerprint density at radius 2 is 1.72 bits per heavy atom. The average Bonchev–Trinajstić information content (AvgIpc) is 3.22. The number of aliphatic hydroxyl groups excluding tert-OH is 1. The van der Waals surface area contributed by atoms with Crippen LogP contribution in [0.25, 0.3) is 5.70 Å². The molecule has 6 atom stereocenters. The van der Waals surface area contributed by atoms with E-state index in [1.54, 1.807) is 11.3 Å². The summed E-state index contributed by atoms with van der Waals surface area (Å²) in [6, 6.07) is 4.29. The lowest BCUT2D eigenvalue weighted by Crippen LogP contribution is -2.50. The monoisotopic (exact) mass is 337 g/mol. The Morgan fingerprint density at radius 3 is 2.52 bits per heavy atom. The predicted octanol–water partition coefficient (Wildman–Crippen LogP) is 5.26. The van der Waals surface area contributed by atoms with Gasteiger partial charge in [-0.1, -0.05) is 31.6 Å². The Morgan fingerprint density at radius 1 is 0.960 bits per heavy atom. The van der Waals surface area contributed by atoms with Gasteiger partial charge in [-0.05, 0) is 80.2 Å². The van der Waals surface area contributed by atoms with E-state index in [-0.39, 0.29) is 6.10 Å². The van der Waals surface area contributed by atoms with Crippen molar-refractivity contribution in [3.05, 3.63) is 42.3 Å². The maximum Gasteiger partial charge on any atom is 0.0577 e. The molecule has 2 heteroatoms. The molecule has 1 heterocycles. The van der Waals surface area contributed by atoms with Gasteiger partial charge in [0, 0.05) is 23.5 Å². The van der Waals surface area contributed by atoms with Crippen LogP contribution in [0.5, 0.6) is 0 Å². The van der Waals surface area contributed by atoms with Crippen LogP contribution >= 0.6 is 0 Å². The quantitative estimate of drug-likeness (QED) is 0.695. The highest BCUT2D eigenvalue weighted by Crippen LogP contribution is 2.65. The molecule has 1 aromatic heterocycles. The first-order valence-electron chi connectivity index (χ1n) is 10.2. The van der Waals surface area contributed by atoms with Gasteiger partial charge in [-0.15, -0.1) is 0 Å². The van der Waals surface area contributed by atoms with Gasteiger partial charge in [-0.2, -0.15) is 0 Å². The molecule has 2 saturated carbocycles. The summed E-state index contributed by atoms with van der Waals surface area (Å²) in [4.78, 5) is 0. The fraction of sp³-hybridized carbons (Fsp3) is 0.652. The van der Waals surface area contributed by atoms with Crippen molar-refractivity contribution in [3.8, 4) is 0 Å². The van der Waals surface area contributed by atoms with E-state index in [9.17, 15) is 5.11 Å². The van der Waals surface area contributed by atoms with Gasteiger partial charge in [0.25, 0.3) is 0 Å². The number of allylic oxidation sites excluding steroid dienone is 3. The van der Waals surface area contributed by atoms with E-state index >= 15 is 0 Å². The van der Waals surface area contributed by atoms with Gasteiger partial charge in [0.05, 0.1) is 6.10 Å². The first-order chi connectivity index (χ1) is 12.0. The number of hydrogen-bond acceptors (Lipinski definition) is 1. The summed E-state index contributed by atoms with van der Waals surface area (Å²) in [7, 11) is 0. The van der Waals surface area contributed by atoms with Crippen molar-refractivity contribution in [1.29, 1.82) is 0 Å². The van der Waals surface area contributed by atoms with Crippen LogP contribution in [-0.2, 0) is 0 Å². The normalized spacial score (nSPS) is 45.9. The minimum atomic E-state index is -0.0989. The SMILES string of the molecule is C[C@]12CC[C@H](O)CC1=CCC1C2CC[C@]2(C)C(n3cccc3)=CCC12. The van der Waals surface area contributed by atoms with Crippen LogP contribution in [-0.4, -0.2) is 15.8 Å². The Balaban J connectivity index is 1.48. The number of aromatic nitrogens is 1. The lowest BCUT2D eigenvalue weighted by molar-refractivity contribution is -0.0249. The summed E-state index contributed by atoms with van der Waals surface area (Å²) >= 11 is 0. The van der Waals surface area contributed by atoms with E-state index in [2.05, 4.69) is 55.1 Å². The third kappa shape index (κ3) is 2.13. The summed E-state index contributed by atoms with van der Waals surface area (Å²) in [5.41, 5.74) is 3.79. The fourth-order valence-electron chi connectivity index (χ4n) is 7.08. The van der Waals surface area contributed by atoms with Gasteiger partial charge in [-0.3, -0.25) is 0 Å². The van der Waals surface area contributed by atoms with Gasteiger partial charge < -0.3 is 9.67 Å². The second-order valence-electron chi connectivity index (χ2n) is 9.53. The molecule has 134 valence electrons. The molecule has 0 bridgehead atoms. The minimum absolute atomic E-state index is 0.0989. The maximum absolute atomic E-state index is 10.1. The predicted molar refractivity (Wildman–Crippen MR) is 102 cm³/mol. The molecular weight excluding hydrogens is 306 g/mol. The first-order valence-corrected chi connectivity index (χ1v) is 10.2. The maximum atomic E-state index is 10.1. The molecule has 5 rings (SSSR count). The van der Waals surface area contributed by atoms with Gasteiger partial charge >= 0.3 is 0 Å². The topological polar surface area (TPSA) is 25.2 Å². The van der Waals surface area contributed by atoms with Crippen molar-refractivity contribution in [1.82, 2.24) is 4.57 Å². The van der Waals surface area contributed by atoms with Crippen molar-refractivity contribution in [2.24, 2.45) is 28.6 Å². The average molecular weight is 338 g/mol. The highest BCUT2D eigenvalue weighted by molar-refractivity contribution is 5.57. The van der Waals surface area contributed by atoms with Gasteiger partial charge in [0.2, 0.25) is 0 Å². The lowest BCUT2D eigenvalue weighted by Gasteiger charge is -2.57. The van der Waals surface area contributed by atoms with Crippen LogP contribution in [0, 0.1) is 28.6 Å². The van der Waals surface area contributed by atoms with Crippen molar-refractivity contribution < 1.29 is 5.11 Å². The van der Waals surface area contributed by atoms with E-state index in [4.69, 9.17) is 0 Å². The van der Waals surface area contributed by atoms with Gasteiger partial charge in [0.15, 0.2) is 0 Å². The van der Waals surface area contributed by atoms with Crippen LogP contribution in [0.2, 0.25) is 0 Å². The summed E-state index contributed by atoms with van der Waals surface area (Å²) in [6.07, 6.45) is 17.6. The van der Waals surface area contributed by atoms with E-state index in [0.29, 0.717) is 10.8 Å². The Bertz CT molecular complexity index is 729. The van der Waals surface area contributed by atoms with E-state index in [1.165, 1.54) is 32.1 Å². The summed E-state index contributed by atoms with van der Waals surface area (Å²) in [5, 5.41) is 10.1. The second-order valence-corrected chi connectivity index (χ2v) is 9.53. The molecule has 0 radical (unpaired) electrons. The number of rotatable bonds is 1. The van der Waals surface area contributed by atoms with Crippen LogP contribution in [0.15, 0.2) is 42.3 Å². The number of hydrogen-bond donors (Lipinski definition) is 1. The molecule has 1 N–H and O–H groups in total. The molecule has 0 aromatic carbocycles. The molecule has 4 aliphatic carbocycles. The van der Waals surface area contributed by atoms with Crippen LogP contribution in [0.1, 0.15) is 58.8 Å². The zero-order chi connectivity index (χ0) is 17.2. The standard InChI is InChI=1S/C23H31NO/c1-22-11-9-17(25)15-16(22)5-6-18-19-7-8-21(24-13-3-4-14-24)23(19,2)12-10-20(18)22/h3-5,8,13-14,17-20,25H,6-7,9-12,15H2,1-2H3/t17-,18?,19?,20?,22-,23-/m0/s1. The van der Waals surface area contributed by atoms with Crippen molar-refractivity contribution in [3.63, 3.8) is 0 Å². The summed E-state index contributed by atoms with van der Waals surface area (Å²) < 4.78 is 2.36. The number of aliphatic hydroxyl groups is 1. The molecule has 0 spiro atoms. The number of nitrogens with zero attached hydrogens (tertiary/aromatic N) is 1. The molecular formula is C23H31NO. The smallest absolute Gasteiger partial charge is 0.0577 e. The highest BCUT2D eigenvalue weighted by Gasteiger charge is 2.56. The van der Waals surface area contributed by atoms with E-state index < -0.39 is 0 Å². The molecule has 0 saturated heterocycles. The zero-order valence-corrected chi connectivity index (χ0v) is 15.6. The molecule has 4 aliphatic rings. The van der Waals surface area contributed by atoms with Crippen molar-refractivity contribution >= 4 is 5.70 Å². The van der Waals surface area contributed by atoms with Crippen LogP contribution in [0.4, 0.5) is 0 Å². The van der Waals surface area contributed by atoms with E-state index in [1.807, 2.05) is 0 Å². The Hall–Kier alpha value is -1.28. The molecule has 0 aliphatic heterocycles. The minimum Gasteiger partial charge on any atom is -0.393 e. The highest BCUT2D eigenvalue weighted by atomic mass is 16.3. The molecule has 2 nitrogen and oxygen atoms in total. The van der Waals surface area contributed by atoms with Gasteiger partial charge in [-0.25, -0.2) is 0 Å². The van der Waals surface area contributed by atoms with Crippen molar-refractivity contribution in [2.75, 3.05) is 0 Å². The lowest BCUT2D eigenvalue weighted by atomic mass is 9.48. The molecule has 1 aromatic rings. The van der Waals surface area contributed by atoms with Gasteiger partial charge in [0.1, 0.15) is 0 Å². The third-order valence-corrected chi connectivity index (χ3v) is 8.50. The summed E-state index contributed by atoms with van der Waals surface area (Å²) in [5.74, 6) is 2.41. The molecule has 0 amide bonds. The molecule has 25 heavy (non-hydrogen) atoms. The van der Waals surface area contributed by atoms with E-state index in [0.717, 1.165) is 30.6 Å². The Labute approximate surface area is 151 Å². The second kappa shape index (κ2) is 5.36. The third-order valence-electron chi connectivity index (χ3n) is 8.50. The zero-order valence-electron chi connectivity index (χ0n) is 15.6. The first kappa shape index (κ1) is 15.9. The van der Waals surface area contributed by atoms with Crippen LogP contribution in [0.3, 0.4) is 0 Å². The molecule has 3 unspecified atom stereocenters.